The van der Waals surface area contributed by atoms with Gasteiger partial charge in [0.05, 0.1) is 17.6 Å². The van der Waals surface area contributed by atoms with Gasteiger partial charge in [-0.05, 0) is 51.7 Å². The first-order chi connectivity index (χ1) is 12.1. The Morgan fingerprint density at radius 3 is 2.84 bits per heavy atom. The van der Waals surface area contributed by atoms with Crippen LogP contribution in [0.15, 0.2) is 28.0 Å². The van der Waals surface area contributed by atoms with Crippen molar-refractivity contribution in [3.8, 4) is 5.75 Å². The van der Waals surface area contributed by atoms with Gasteiger partial charge in [-0.3, -0.25) is 9.78 Å². The number of thioether (sulfide) groups is 1. The first-order valence-electron chi connectivity index (χ1n) is 8.52. The van der Waals surface area contributed by atoms with Gasteiger partial charge < -0.3 is 10.1 Å². The lowest BCUT2D eigenvalue weighted by Gasteiger charge is -2.29. The molecule has 0 aliphatic heterocycles. The van der Waals surface area contributed by atoms with E-state index in [0.717, 1.165) is 47.2 Å². The molecule has 5 nitrogen and oxygen atoms in total. The lowest BCUT2D eigenvalue weighted by atomic mass is 9.93. The lowest BCUT2D eigenvalue weighted by molar-refractivity contribution is -0.119. The Bertz CT molecular complexity index is 712. The van der Waals surface area contributed by atoms with Crippen LogP contribution in [0.2, 0.25) is 0 Å². The molecule has 0 atom stereocenters. The Morgan fingerprint density at radius 1 is 1.36 bits per heavy atom. The van der Waals surface area contributed by atoms with E-state index in [0.29, 0.717) is 5.75 Å². The average molecular weight is 378 g/mol. The highest BCUT2D eigenvalue weighted by Gasteiger charge is 2.24. The van der Waals surface area contributed by atoms with Gasteiger partial charge in [0.25, 0.3) is 0 Å². The van der Waals surface area contributed by atoms with Crippen LogP contribution in [0.5, 0.6) is 5.75 Å². The summed E-state index contributed by atoms with van der Waals surface area (Å²) in [6.07, 6.45) is 5.81. The Hall–Kier alpha value is -1.60. The molecule has 1 aliphatic rings. The van der Waals surface area contributed by atoms with E-state index in [2.05, 4.69) is 15.3 Å². The van der Waals surface area contributed by atoms with Crippen molar-refractivity contribution in [3.05, 3.63) is 35.1 Å². The number of thiazole rings is 1. The third kappa shape index (κ3) is 5.44. The predicted molar refractivity (Wildman–Crippen MR) is 101 cm³/mol. The van der Waals surface area contributed by atoms with E-state index in [-0.39, 0.29) is 18.1 Å². The zero-order valence-corrected chi connectivity index (χ0v) is 16.2. The molecule has 0 bridgehead atoms. The second-order valence-corrected chi connectivity index (χ2v) is 8.37. The minimum atomic E-state index is 0.0883. The van der Waals surface area contributed by atoms with Gasteiger partial charge in [0.15, 0.2) is 4.34 Å². The fraction of sp³-hybridized carbons (Fsp3) is 0.500. The number of aromatic nitrogens is 2. The van der Waals surface area contributed by atoms with Crippen molar-refractivity contribution in [2.45, 2.75) is 56.0 Å². The number of pyridine rings is 1. The van der Waals surface area contributed by atoms with E-state index in [1.165, 1.54) is 11.8 Å². The SMILES string of the molecule is Cc1csc(SCC(=O)NC2CCC(Oc3cccnc3C)CC2)n1. The van der Waals surface area contributed by atoms with Gasteiger partial charge in [-0.2, -0.15) is 0 Å². The molecule has 2 aromatic rings. The van der Waals surface area contributed by atoms with E-state index in [4.69, 9.17) is 4.74 Å². The van der Waals surface area contributed by atoms with Crippen LogP contribution >= 0.6 is 23.1 Å². The molecule has 3 rings (SSSR count). The summed E-state index contributed by atoms with van der Waals surface area (Å²) in [5, 5.41) is 5.15. The van der Waals surface area contributed by atoms with Crippen LogP contribution in [0.1, 0.15) is 37.1 Å². The van der Waals surface area contributed by atoms with Crippen LogP contribution in [-0.2, 0) is 4.79 Å². The van der Waals surface area contributed by atoms with Crippen molar-refractivity contribution in [2.24, 2.45) is 0 Å². The molecule has 1 saturated carbocycles. The van der Waals surface area contributed by atoms with Crippen molar-refractivity contribution < 1.29 is 9.53 Å². The van der Waals surface area contributed by atoms with Crippen molar-refractivity contribution in [2.75, 3.05) is 5.75 Å². The maximum absolute atomic E-state index is 12.1. The Kier molecular flexibility index (Phi) is 6.31. The molecule has 1 fully saturated rings. The molecule has 0 saturated heterocycles. The molecule has 2 aromatic heterocycles. The topological polar surface area (TPSA) is 64.1 Å². The summed E-state index contributed by atoms with van der Waals surface area (Å²) in [6, 6.07) is 4.12. The van der Waals surface area contributed by atoms with E-state index < -0.39 is 0 Å². The van der Waals surface area contributed by atoms with E-state index in [1.807, 2.05) is 31.4 Å². The molecule has 134 valence electrons. The van der Waals surface area contributed by atoms with E-state index in [9.17, 15) is 4.79 Å². The second-order valence-electron chi connectivity index (χ2n) is 6.29. The maximum atomic E-state index is 12.1. The fourth-order valence-corrected chi connectivity index (χ4v) is 4.55. The summed E-state index contributed by atoms with van der Waals surface area (Å²) in [6.45, 7) is 3.93. The molecule has 1 amide bonds. The number of rotatable bonds is 6. The standard InChI is InChI=1S/C18H23N3O2S2/c1-12-10-24-18(20-12)25-11-17(22)21-14-5-7-15(8-6-14)23-16-4-3-9-19-13(16)2/h3-4,9-10,14-15H,5-8,11H2,1-2H3,(H,21,22). The van der Waals surface area contributed by atoms with Gasteiger partial charge >= 0.3 is 0 Å². The van der Waals surface area contributed by atoms with E-state index in [1.54, 1.807) is 17.5 Å². The number of hydrogen-bond acceptors (Lipinski definition) is 6. The molecule has 25 heavy (non-hydrogen) atoms. The number of nitrogens with one attached hydrogen (secondary N) is 1. The average Bonchev–Trinajstić information content (AvgIpc) is 3.02. The molecular weight excluding hydrogens is 354 g/mol. The van der Waals surface area contributed by atoms with Crippen LogP contribution in [0.4, 0.5) is 0 Å². The smallest absolute Gasteiger partial charge is 0.230 e. The molecule has 1 N–H and O–H groups in total. The van der Waals surface area contributed by atoms with Gasteiger partial charge in [-0.1, -0.05) is 11.8 Å². The van der Waals surface area contributed by atoms with Gasteiger partial charge in [0, 0.05) is 23.3 Å². The third-order valence-electron chi connectivity index (χ3n) is 4.22. The molecule has 0 unspecified atom stereocenters. The highest BCUT2D eigenvalue weighted by Crippen LogP contribution is 2.26. The highest BCUT2D eigenvalue weighted by atomic mass is 32.2. The molecule has 0 radical (unpaired) electrons. The quantitative estimate of drug-likeness (QED) is 0.777. The second kappa shape index (κ2) is 8.67. The summed E-state index contributed by atoms with van der Waals surface area (Å²) in [5.74, 6) is 1.38. The summed E-state index contributed by atoms with van der Waals surface area (Å²) >= 11 is 3.10. The monoisotopic (exact) mass is 377 g/mol. The number of hydrogen-bond donors (Lipinski definition) is 1. The van der Waals surface area contributed by atoms with Crippen LogP contribution in [0.25, 0.3) is 0 Å². The minimum absolute atomic E-state index is 0.0883. The number of amides is 1. The first kappa shape index (κ1) is 18.2. The molecule has 7 heteroatoms. The summed E-state index contributed by atoms with van der Waals surface area (Å²) in [5.41, 5.74) is 1.93. The van der Waals surface area contributed by atoms with Crippen molar-refractivity contribution >= 4 is 29.0 Å². The number of ether oxygens (including phenoxy) is 1. The lowest BCUT2D eigenvalue weighted by Crippen LogP contribution is -2.40. The Morgan fingerprint density at radius 2 is 2.16 bits per heavy atom. The zero-order chi connectivity index (χ0) is 17.6. The Balaban J connectivity index is 1.38. The largest absolute Gasteiger partial charge is 0.489 e. The van der Waals surface area contributed by atoms with Crippen molar-refractivity contribution in [1.29, 1.82) is 0 Å². The maximum Gasteiger partial charge on any atom is 0.230 e. The van der Waals surface area contributed by atoms with E-state index >= 15 is 0 Å². The van der Waals surface area contributed by atoms with Crippen LogP contribution in [-0.4, -0.2) is 33.8 Å². The Labute approximate surface area is 156 Å². The molecule has 0 spiro atoms. The first-order valence-corrected chi connectivity index (χ1v) is 10.4. The minimum Gasteiger partial charge on any atom is -0.489 e. The van der Waals surface area contributed by atoms with Crippen LogP contribution in [0, 0.1) is 13.8 Å². The van der Waals surface area contributed by atoms with Gasteiger partial charge in [0.1, 0.15) is 5.75 Å². The third-order valence-corrected chi connectivity index (χ3v) is 6.35. The van der Waals surface area contributed by atoms with Crippen molar-refractivity contribution in [3.63, 3.8) is 0 Å². The van der Waals surface area contributed by atoms with Crippen LogP contribution in [0.3, 0.4) is 0 Å². The van der Waals surface area contributed by atoms with Gasteiger partial charge in [-0.25, -0.2) is 4.98 Å². The normalized spacial score (nSPS) is 20.2. The number of nitrogens with zero attached hydrogens (tertiary/aromatic N) is 2. The predicted octanol–water partition coefficient (Wildman–Crippen LogP) is 3.75. The van der Waals surface area contributed by atoms with Gasteiger partial charge in [-0.15, -0.1) is 11.3 Å². The molecule has 1 aliphatic carbocycles. The summed E-state index contributed by atoms with van der Waals surface area (Å²) < 4.78 is 7.02. The summed E-state index contributed by atoms with van der Waals surface area (Å²) in [7, 11) is 0. The number of carbonyl (C=O) groups excluding carboxylic acids is 1. The highest BCUT2D eigenvalue weighted by molar-refractivity contribution is 8.01. The van der Waals surface area contributed by atoms with Crippen molar-refractivity contribution in [1.82, 2.24) is 15.3 Å². The molecular formula is C18H23N3O2S2. The number of carbonyl (C=O) groups is 1. The zero-order valence-electron chi connectivity index (χ0n) is 14.5. The van der Waals surface area contributed by atoms with Crippen LogP contribution < -0.4 is 10.1 Å². The molecule has 0 aromatic carbocycles. The number of aryl methyl sites for hydroxylation is 2. The molecule has 2 heterocycles. The van der Waals surface area contributed by atoms with Gasteiger partial charge in [0.2, 0.25) is 5.91 Å². The fourth-order valence-electron chi connectivity index (χ4n) is 2.89. The summed E-state index contributed by atoms with van der Waals surface area (Å²) in [4.78, 5) is 20.7.